The first-order chi connectivity index (χ1) is 14.5. The number of nitrogens with zero attached hydrogens (tertiary/aromatic N) is 2. The SMILES string of the molecule is Cc1[nH]nc2c1C(c1c(F)cccc1Cl)C(C#N)=C(c1c(C)[nH]c3ccccc13)N2. The number of hydrogen-bond donors (Lipinski definition) is 3. The van der Waals surface area contributed by atoms with Gasteiger partial charge >= 0.3 is 0 Å². The zero-order valence-electron chi connectivity index (χ0n) is 16.3. The molecule has 0 aliphatic carbocycles. The van der Waals surface area contributed by atoms with E-state index in [0.29, 0.717) is 17.1 Å². The van der Waals surface area contributed by atoms with Gasteiger partial charge in [0.05, 0.1) is 23.3 Å². The Hall–Kier alpha value is -3.56. The van der Waals surface area contributed by atoms with Crippen molar-refractivity contribution in [3.8, 4) is 6.07 Å². The van der Waals surface area contributed by atoms with Crippen molar-refractivity contribution < 1.29 is 4.39 Å². The molecule has 0 fully saturated rings. The number of allylic oxidation sites excluding steroid dienone is 1. The number of anilines is 1. The highest BCUT2D eigenvalue weighted by atomic mass is 35.5. The Kier molecular flexibility index (Phi) is 4.16. The van der Waals surface area contributed by atoms with E-state index in [9.17, 15) is 5.26 Å². The summed E-state index contributed by atoms with van der Waals surface area (Å²) in [6.07, 6.45) is 0. The van der Waals surface area contributed by atoms with Crippen molar-refractivity contribution >= 4 is 34.0 Å². The van der Waals surface area contributed by atoms with Crippen molar-refractivity contribution in [1.29, 1.82) is 5.26 Å². The molecule has 3 heterocycles. The molecule has 4 aromatic rings. The predicted molar refractivity (Wildman–Crippen MR) is 116 cm³/mol. The first-order valence-electron chi connectivity index (χ1n) is 9.49. The highest BCUT2D eigenvalue weighted by molar-refractivity contribution is 6.31. The molecule has 0 saturated heterocycles. The van der Waals surface area contributed by atoms with Gasteiger partial charge in [0, 0.05) is 44.0 Å². The van der Waals surface area contributed by atoms with Gasteiger partial charge in [0.2, 0.25) is 0 Å². The van der Waals surface area contributed by atoms with Crippen molar-refractivity contribution in [2.45, 2.75) is 19.8 Å². The molecule has 7 heteroatoms. The van der Waals surface area contributed by atoms with Gasteiger partial charge in [0.15, 0.2) is 5.82 Å². The van der Waals surface area contributed by atoms with Gasteiger partial charge in [-0.2, -0.15) is 10.4 Å². The fourth-order valence-electron chi connectivity index (χ4n) is 4.35. The lowest BCUT2D eigenvalue weighted by Crippen LogP contribution is -2.19. The van der Waals surface area contributed by atoms with Crippen molar-refractivity contribution in [1.82, 2.24) is 15.2 Å². The summed E-state index contributed by atoms with van der Waals surface area (Å²) in [5.74, 6) is -0.569. The lowest BCUT2D eigenvalue weighted by Gasteiger charge is -2.28. The molecule has 0 saturated carbocycles. The van der Waals surface area contributed by atoms with Crippen molar-refractivity contribution in [3.63, 3.8) is 0 Å². The summed E-state index contributed by atoms with van der Waals surface area (Å²) >= 11 is 6.44. The topological polar surface area (TPSA) is 80.3 Å². The minimum Gasteiger partial charge on any atom is -0.358 e. The third-order valence-electron chi connectivity index (χ3n) is 5.64. The van der Waals surface area contributed by atoms with Gasteiger partial charge in [-0.05, 0) is 32.0 Å². The predicted octanol–water partition coefficient (Wildman–Crippen LogP) is 5.79. The average Bonchev–Trinajstić information content (AvgIpc) is 3.26. The zero-order chi connectivity index (χ0) is 21.0. The van der Waals surface area contributed by atoms with Crippen LogP contribution < -0.4 is 5.32 Å². The summed E-state index contributed by atoms with van der Waals surface area (Å²) in [5.41, 5.74) is 5.48. The molecule has 5 rings (SSSR count). The summed E-state index contributed by atoms with van der Waals surface area (Å²) < 4.78 is 15.0. The Balaban J connectivity index is 1.87. The number of nitriles is 1. The largest absolute Gasteiger partial charge is 0.358 e. The standard InChI is InChI=1S/C23H17ClFN5/c1-11-18(13-6-3-4-9-17(13)27-11)22-14(10-26)20(19-12(2)29-30-23(19)28-22)21-15(24)7-5-8-16(21)25/h3-9,20,27H,1-2H3,(H2,28,29,30). The molecule has 148 valence electrons. The zero-order valence-corrected chi connectivity index (χ0v) is 17.0. The number of aromatic amines is 2. The fourth-order valence-corrected chi connectivity index (χ4v) is 4.62. The second-order valence-electron chi connectivity index (χ2n) is 7.38. The highest BCUT2D eigenvalue weighted by Gasteiger charge is 2.37. The van der Waals surface area contributed by atoms with Crippen LogP contribution in [0, 0.1) is 31.0 Å². The van der Waals surface area contributed by atoms with Crippen LogP contribution >= 0.6 is 11.6 Å². The van der Waals surface area contributed by atoms with Crippen LogP contribution in [-0.4, -0.2) is 15.2 Å². The molecule has 0 spiro atoms. The average molecular weight is 418 g/mol. The Bertz CT molecular complexity index is 1370. The van der Waals surface area contributed by atoms with Gasteiger partial charge in [-0.3, -0.25) is 5.10 Å². The molecular formula is C23H17ClFN5. The van der Waals surface area contributed by atoms with Crippen LogP contribution in [0.4, 0.5) is 10.2 Å². The number of halogens is 2. The molecule has 2 aromatic heterocycles. The maximum atomic E-state index is 15.0. The summed E-state index contributed by atoms with van der Waals surface area (Å²) in [6, 6.07) is 14.8. The van der Waals surface area contributed by atoms with E-state index >= 15 is 4.39 Å². The summed E-state index contributed by atoms with van der Waals surface area (Å²) in [4.78, 5) is 3.36. The molecule has 1 atom stereocenters. The fraction of sp³-hybridized carbons (Fsp3) is 0.130. The monoisotopic (exact) mass is 417 g/mol. The van der Waals surface area contributed by atoms with E-state index in [-0.39, 0.29) is 10.6 Å². The molecule has 1 unspecified atom stereocenters. The van der Waals surface area contributed by atoms with E-state index in [2.05, 4.69) is 26.6 Å². The van der Waals surface area contributed by atoms with E-state index in [1.165, 1.54) is 6.07 Å². The minimum absolute atomic E-state index is 0.274. The van der Waals surface area contributed by atoms with E-state index in [1.54, 1.807) is 12.1 Å². The quantitative estimate of drug-likeness (QED) is 0.386. The van der Waals surface area contributed by atoms with Crippen LogP contribution in [0.3, 0.4) is 0 Å². The Labute approximate surface area is 177 Å². The van der Waals surface area contributed by atoms with E-state index < -0.39 is 11.7 Å². The second kappa shape index (κ2) is 6.75. The maximum Gasteiger partial charge on any atom is 0.156 e. The number of H-pyrrole nitrogens is 2. The van der Waals surface area contributed by atoms with Gasteiger partial charge in [0.1, 0.15) is 5.82 Å². The van der Waals surface area contributed by atoms with Crippen LogP contribution in [0.5, 0.6) is 0 Å². The number of aryl methyl sites for hydroxylation is 2. The second-order valence-corrected chi connectivity index (χ2v) is 7.78. The van der Waals surface area contributed by atoms with Gasteiger partial charge in [-0.1, -0.05) is 35.9 Å². The van der Waals surface area contributed by atoms with Gasteiger partial charge < -0.3 is 10.3 Å². The summed E-state index contributed by atoms with van der Waals surface area (Å²) in [5, 5.41) is 22.1. The molecule has 2 aromatic carbocycles. The number of fused-ring (bicyclic) bond motifs is 2. The lowest BCUT2D eigenvalue weighted by atomic mass is 9.80. The number of para-hydroxylation sites is 1. The smallest absolute Gasteiger partial charge is 0.156 e. The van der Waals surface area contributed by atoms with Crippen molar-refractivity contribution in [3.05, 3.63) is 87.0 Å². The summed E-state index contributed by atoms with van der Waals surface area (Å²) in [6.45, 7) is 3.81. The van der Waals surface area contributed by atoms with Crippen LogP contribution in [0.25, 0.3) is 16.6 Å². The maximum absolute atomic E-state index is 15.0. The molecule has 30 heavy (non-hydrogen) atoms. The highest BCUT2D eigenvalue weighted by Crippen LogP contribution is 2.48. The molecule has 5 nitrogen and oxygen atoms in total. The molecular weight excluding hydrogens is 401 g/mol. The van der Waals surface area contributed by atoms with Gasteiger partial charge in [-0.25, -0.2) is 4.39 Å². The minimum atomic E-state index is -0.679. The van der Waals surface area contributed by atoms with Crippen LogP contribution in [0.2, 0.25) is 5.02 Å². The first kappa shape index (κ1) is 18.5. The van der Waals surface area contributed by atoms with E-state index in [0.717, 1.165) is 33.4 Å². The molecule has 0 radical (unpaired) electrons. The van der Waals surface area contributed by atoms with Crippen molar-refractivity contribution in [2.75, 3.05) is 5.32 Å². The lowest BCUT2D eigenvalue weighted by molar-refractivity contribution is 0.606. The molecule has 0 bridgehead atoms. The Morgan fingerprint density at radius 1 is 1.07 bits per heavy atom. The van der Waals surface area contributed by atoms with Gasteiger partial charge in [-0.15, -0.1) is 0 Å². The van der Waals surface area contributed by atoms with E-state index in [4.69, 9.17) is 11.6 Å². The molecule has 1 aliphatic rings. The molecule has 0 amide bonds. The third kappa shape index (κ3) is 2.56. The first-order valence-corrected chi connectivity index (χ1v) is 9.86. The summed E-state index contributed by atoms with van der Waals surface area (Å²) in [7, 11) is 0. The van der Waals surface area contributed by atoms with Gasteiger partial charge in [0.25, 0.3) is 0 Å². The van der Waals surface area contributed by atoms with Crippen LogP contribution in [-0.2, 0) is 0 Å². The normalized spacial score (nSPS) is 15.8. The van der Waals surface area contributed by atoms with Crippen LogP contribution in [0.15, 0.2) is 48.0 Å². The number of benzene rings is 2. The molecule has 1 aliphatic heterocycles. The number of rotatable bonds is 2. The number of aromatic nitrogens is 3. The van der Waals surface area contributed by atoms with Crippen molar-refractivity contribution in [2.24, 2.45) is 0 Å². The van der Waals surface area contributed by atoms with E-state index in [1.807, 2.05) is 38.1 Å². The Morgan fingerprint density at radius 2 is 1.87 bits per heavy atom. The Morgan fingerprint density at radius 3 is 2.63 bits per heavy atom. The number of nitrogens with one attached hydrogen (secondary N) is 3. The third-order valence-corrected chi connectivity index (χ3v) is 5.97. The number of hydrogen-bond acceptors (Lipinski definition) is 3. The van der Waals surface area contributed by atoms with Crippen LogP contribution in [0.1, 0.15) is 34.0 Å². The molecule has 3 N–H and O–H groups in total.